The van der Waals surface area contributed by atoms with Crippen LogP contribution in [0.4, 0.5) is 0 Å². The molecule has 0 aromatic rings. The number of methoxy groups -OCH3 is 1. The molecule has 7 atom stereocenters. The maximum absolute atomic E-state index is 13.3. The molecule has 6 nitrogen and oxygen atoms in total. The first-order valence-electron chi connectivity index (χ1n) is 15.4. The van der Waals surface area contributed by atoms with E-state index < -0.39 is 19.8 Å². The number of carbonyl (C=O) groups excluding carboxylic acids is 3. The minimum atomic E-state index is -2.21. The van der Waals surface area contributed by atoms with Gasteiger partial charge in [-0.2, -0.15) is 0 Å². The molecule has 1 saturated carbocycles. The molecule has 0 N–H and O–H groups in total. The van der Waals surface area contributed by atoms with E-state index >= 15 is 0 Å². The van der Waals surface area contributed by atoms with Gasteiger partial charge in [0.1, 0.15) is 6.10 Å². The van der Waals surface area contributed by atoms with Crippen molar-refractivity contribution in [2.24, 2.45) is 35.0 Å². The van der Waals surface area contributed by atoms with Gasteiger partial charge in [0.25, 0.3) is 0 Å². The van der Waals surface area contributed by atoms with Crippen molar-refractivity contribution >= 4 is 26.0 Å². The van der Waals surface area contributed by atoms with E-state index in [9.17, 15) is 14.4 Å². The summed E-state index contributed by atoms with van der Waals surface area (Å²) in [6, 6.07) is 0. The van der Waals surface area contributed by atoms with Crippen LogP contribution in [-0.4, -0.2) is 45.4 Å². The maximum Gasteiger partial charge on any atom is 0.311 e. The summed E-state index contributed by atoms with van der Waals surface area (Å²) in [6.45, 7) is 20.8. The molecule has 1 fully saturated rings. The zero-order valence-corrected chi connectivity index (χ0v) is 28.5. The summed E-state index contributed by atoms with van der Waals surface area (Å²) in [6.07, 6.45) is 14.5. The van der Waals surface area contributed by atoms with Crippen LogP contribution >= 0.6 is 0 Å². The van der Waals surface area contributed by atoms with E-state index in [-0.39, 0.29) is 65.4 Å². The zero-order valence-electron chi connectivity index (χ0n) is 27.5. The van der Waals surface area contributed by atoms with Gasteiger partial charge in [-0.25, -0.2) is 0 Å². The van der Waals surface area contributed by atoms with Gasteiger partial charge in [-0.15, -0.1) is 0 Å². The van der Waals surface area contributed by atoms with Crippen LogP contribution in [0.3, 0.4) is 0 Å². The molecule has 0 aromatic carbocycles. The summed E-state index contributed by atoms with van der Waals surface area (Å²) >= 11 is 0. The Hall–Kier alpha value is -1.99. The second-order valence-corrected chi connectivity index (χ2v) is 19.1. The highest BCUT2D eigenvalue weighted by atomic mass is 28.4. The SMILES string of the molecule is C/C=C/[C@@H]1C[C@H](OC(=O)C(C)(C)CC)[C@@H]2[C@@H](/C=C/C(=O)C[C@H](CC(=O)OC)O[Si](C)(C)C(C)(C)C)[C@@H](C)C=C[C@H]2C1. The molecule has 0 saturated heterocycles. The van der Waals surface area contributed by atoms with E-state index in [4.69, 9.17) is 13.9 Å². The lowest BCUT2D eigenvalue weighted by Gasteiger charge is -2.47. The van der Waals surface area contributed by atoms with Crippen LogP contribution in [-0.2, 0) is 28.3 Å². The summed E-state index contributed by atoms with van der Waals surface area (Å²) < 4.78 is 17.7. The van der Waals surface area contributed by atoms with Crippen LogP contribution in [0, 0.1) is 35.0 Å². The lowest BCUT2D eigenvalue weighted by molar-refractivity contribution is -0.168. The number of allylic oxidation sites excluding steroid dienone is 6. The predicted molar refractivity (Wildman–Crippen MR) is 168 cm³/mol. The topological polar surface area (TPSA) is 78.9 Å². The minimum absolute atomic E-state index is 0.0490. The van der Waals surface area contributed by atoms with Crippen molar-refractivity contribution < 1.29 is 28.3 Å². The number of carbonyl (C=O) groups is 3. The Bertz CT molecular complexity index is 1000. The van der Waals surface area contributed by atoms with E-state index in [1.165, 1.54) is 7.11 Å². The molecular formula is C34H56O6Si. The summed E-state index contributed by atoms with van der Waals surface area (Å²) in [5.41, 5.74) is -0.542. The molecule has 41 heavy (non-hydrogen) atoms. The van der Waals surface area contributed by atoms with Crippen molar-refractivity contribution in [3.63, 3.8) is 0 Å². The molecule has 7 heteroatoms. The number of ketones is 1. The normalized spacial score (nSPS) is 28.0. The summed E-state index contributed by atoms with van der Waals surface area (Å²) in [5.74, 6) is 0.376. The summed E-state index contributed by atoms with van der Waals surface area (Å²) in [7, 11) is -0.849. The smallest absolute Gasteiger partial charge is 0.311 e. The molecule has 0 amide bonds. The quantitative estimate of drug-likeness (QED) is 0.1000. The van der Waals surface area contributed by atoms with Crippen LogP contribution < -0.4 is 0 Å². The molecule has 0 heterocycles. The van der Waals surface area contributed by atoms with Crippen LogP contribution in [0.25, 0.3) is 0 Å². The zero-order chi connectivity index (χ0) is 31.2. The van der Waals surface area contributed by atoms with Crippen molar-refractivity contribution in [3.8, 4) is 0 Å². The molecule has 2 aliphatic rings. The van der Waals surface area contributed by atoms with Crippen LogP contribution in [0.15, 0.2) is 36.5 Å². The van der Waals surface area contributed by atoms with E-state index in [1.807, 2.05) is 33.8 Å². The fourth-order valence-corrected chi connectivity index (χ4v) is 7.05. The second kappa shape index (κ2) is 14.5. The monoisotopic (exact) mass is 588 g/mol. The molecule has 0 aromatic heterocycles. The van der Waals surface area contributed by atoms with Gasteiger partial charge >= 0.3 is 11.9 Å². The van der Waals surface area contributed by atoms with Crippen molar-refractivity contribution in [1.82, 2.24) is 0 Å². The third kappa shape index (κ3) is 9.50. The minimum Gasteiger partial charge on any atom is -0.469 e. The average Bonchev–Trinajstić information content (AvgIpc) is 2.87. The summed E-state index contributed by atoms with van der Waals surface area (Å²) in [4.78, 5) is 38.7. The Balaban J connectivity index is 2.30. The number of fused-ring (bicyclic) bond motifs is 1. The third-order valence-electron chi connectivity index (χ3n) is 9.73. The van der Waals surface area contributed by atoms with Crippen molar-refractivity contribution in [1.29, 1.82) is 0 Å². The van der Waals surface area contributed by atoms with Crippen molar-refractivity contribution in [2.75, 3.05) is 7.11 Å². The highest BCUT2D eigenvalue weighted by Gasteiger charge is 2.46. The Kier molecular flexibility index (Phi) is 12.4. The van der Waals surface area contributed by atoms with Crippen LogP contribution in [0.2, 0.25) is 18.1 Å². The first kappa shape index (κ1) is 35.2. The van der Waals surface area contributed by atoms with E-state index in [1.54, 1.807) is 6.08 Å². The number of esters is 2. The lowest BCUT2D eigenvalue weighted by atomic mass is 9.61. The Morgan fingerprint density at radius 1 is 1.02 bits per heavy atom. The predicted octanol–water partition coefficient (Wildman–Crippen LogP) is 7.84. The van der Waals surface area contributed by atoms with Crippen LogP contribution in [0.5, 0.6) is 0 Å². The fourth-order valence-electron chi connectivity index (χ4n) is 5.70. The van der Waals surface area contributed by atoms with Gasteiger partial charge in [-0.05, 0) is 87.9 Å². The van der Waals surface area contributed by atoms with Gasteiger partial charge < -0.3 is 13.9 Å². The molecule has 0 spiro atoms. The highest BCUT2D eigenvalue weighted by Crippen LogP contribution is 2.47. The first-order chi connectivity index (χ1) is 19.0. The molecule has 0 radical (unpaired) electrons. The van der Waals surface area contributed by atoms with Gasteiger partial charge in [0.15, 0.2) is 14.1 Å². The van der Waals surface area contributed by atoms with Gasteiger partial charge in [0.2, 0.25) is 0 Å². The molecule has 232 valence electrons. The number of ether oxygens (including phenoxy) is 2. The van der Waals surface area contributed by atoms with Gasteiger partial charge in [-0.1, -0.05) is 65.0 Å². The van der Waals surface area contributed by atoms with E-state index in [0.717, 1.165) is 12.8 Å². The molecule has 0 bridgehead atoms. The van der Waals surface area contributed by atoms with Gasteiger partial charge in [0, 0.05) is 12.3 Å². The molecule has 0 aliphatic heterocycles. The maximum atomic E-state index is 13.3. The molecule has 2 rings (SSSR count). The number of hydrogen-bond acceptors (Lipinski definition) is 6. The lowest BCUT2D eigenvalue weighted by Crippen LogP contribution is -2.46. The fraction of sp³-hybridized carbons (Fsp3) is 0.735. The standard InChI is InChI=1S/C34H56O6Si/c1-12-14-24-19-25-16-15-23(3)28(31(25)29(20-24)39-32(37)34(7,8)13-2)18-17-26(35)21-27(22-30(36)38-9)40-41(10,11)33(4,5)6/h12,14-18,23-25,27-29,31H,13,19-22H2,1-11H3/b14-12+,18-17+/t23-,24-,25-,27+,28-,29-,31-/m0/s1. The average molecular weight is 589 g/mol. The third-order valence-corrected chi connectivity index (χ3v) is 14.3. The Labute approximate surface area is 250 Å². The Morgan fingerprint density at radius 3 is 2.24 bits per heavy atom. The molecule has 0 unspecified atom stereocenters. The largest absolute Gasteiger partial charge is 0.469 e. The highest BCUT2D eigenvalue weighted by molar-refractivity contribution is 6.74. The number of rotatable bonds is 12. The van der Waals surface area contributed by atoms with E-state index in [0.29, 0.717) is 12.3 Å². The van der Waals surface area contributed by atoms with Gasteiger partial charge in [-0.3, -0.25) is 14.4 Å². The first-order valence-corrected chi connectivity index (χ1v) is 18.3. The molecular weight excluding hydrogens is 532 g/mol. The van der Waals surface area contributed by atoms with E-state index in [2.05, 4.69) is 65.1 Å². The van der Waals surface area contributed by atoms with Crippen molar-refractivity contribution in [3.05, 3.63) is 36.5 Å². The second-order valence-electron chi connectivity index (χ2n) is 14.3. The van der Waals surface area contributed by atoms with Crippen LogP contribution in [0.1, 0.15) is 87.5 Å². The van der Waals surface area contributed by atoms with Gasteiger partial charge in [0.05, 0.1) is 25.0 Å². The Morgan fingerprint density at radius 2 is 1.68 bits per heavy atom. The molecule has 2 aliphatic carbocycles. The van der Waals surface area contributed by atoms with Crippen molar-refractivity contribution in [2.45, 2.75) is 118 Å². The number of hydrogen-bond donors (Lipinski definition) is 0. The summed E-state index contributed by atoms with van der Waals surface area (Å²) in [5, 5.41) is -0.0519.